The number of fused-ring (bicyclic) bond motifs is 4. The summed E-state index contributed by atoms with van der Waals surface area (Å²) in [5, 5.41) is 26.6. The maximum Gasteiger partial charge on any atom is 0.0780 e. The molecule has 182 valence electrons. The first kappa shape index (κ1) is 22.9. The number of pyridine rings is 2. The maximum atomic E-state index is 11.3. The molecule has 1 aromatic carbocycles. The topological polar surface area (TPSA) is 87.6 Å². The zero-order valence-corrected chi connectivity index (χ0v) is 20.7. The zero-order chi connectivity index (χ0) is 24.8. The Balaban J connectivity index is 1.51. The van der Waals surface area contributed by atoms with E-state index in [4.69, 9.17) is 10.1 Å². The van der Waals surface area contributed by atoms with Crippen molar-refractivity contribution in [2.24, 2.45) is 5.92 Å². The molecular formula is C30H31N5O. The third-order valence-corrected chi connectivity index (χ3v) is 8.53. The van der Waals surface area contributed by atoms with E-state index in [-0.39, 0.29) is 11.8 Å². The SMILES string of the molecule is Cc1cc(-n2ncc3cc4c(cc32)CCC[C@H]2C[C@@](O)(CC#N)CC[C@@]42Cc2ccccn2)ccn1. The Morgan fingerprint density at radius 3 is 2.86 bits per heavy atom. The molecule has 0 bridgehead atoms. The molecule has 0 spiro atoms. The second-order valence-electron chi connectivity index (χ2n) is 10.8. The van der Waals surface area contributed by atoms with Crippen molar-refractivity contribution in [3.63, 3.8) is 0 Å². The van der Waals surface area contributed by atoms with Crippen molar-refractivity contribution in [2.75, 3.05) is 0 Å². The molecule has 4 aromatic rings. The molecule has 2 aliphatic rings. The van der Waals surface area contributed by atoms with Crippen molar-refractivity contribution in [1.29, 1.82) is 5.26 Å². The number of hydrogen-bond acceptors (Lipinski definition) is 5. The van der Waals surface area contributed by atoms with E-state index in [1.165, 1.54) is 11.1 Å². The highest BCUT2D eigenvalue weighted by Gasteiger charge is 2.51. The van der Waals surface area contributed by atoms with Gasteiger partial charge < -0.3 is 5.11 Å². The molecule has 1 saturated carbocycles. The fourth-order valence-electron chi connectivity index (χ4n) is 6.81. The van der Waals surface area contributed by atoms with Crippen LogP contribution < -0.4 is 0 Å². The fraction of sp³-hybridized carbons (Fsp3) is 0.400. The van der Waals surface area contributed by atoms with Crippen LogP contribution in [0.1, 0.15) is 61.0 Å². The van der Waals surface area contributed by atoms with Gasteiger partial charge in [-0.25, -0.2) is 4.68 Å². The minimum atomic E-state index is -0.897. The van der Waals surface area contributed by atoms with Crippen LogP contribution in [-0.2, 0) is 18.3 Å². The minimum Gasteiger partial charge on any atom is -0.389 e. The predicted molar refractivity (Wildman–Crippen MR) is 139 cm³/mol. The Kier molecular flexibility index (Phi) is 5.61. The molecule has 0 unspecified atom stereocenters. The van der Waals surface area contributed by atoms with Crippen molar-refractivity contribution >= 4 is 10.9 Å². The Bertz CT molecular complexity index is 1460. The van der Waals surface area contributed by atoms with Gasteiger partial charge in [-0.05, 0) is 105 Å². The van der Waals surface area contributed by atoms with Crippen LogP contribution in [0, 0.1) is 24.2 Å². The number of aromatic nitrogens is 4. The number of nitrogens with zero attached hydrogens (tertiary/aromatic N) is 5. The quantitative estimate of drug-likeness (QED) is 0.426. The van der Waals surface area contributed by atoms with Gasteiger partial charge in [0.05, 0.1) is 35.5 Å². The predicted octanol–water partition coefficient (Wildman–Crippen LogP) is 5.39. The first-order valence-corrected chi connectivity index (χ1v) is 12.9. The van der Waals surface area contributed by atoms with Crippen LogP contribution in [-0.4, -0.2) is 30.5 Å². The number of hydrogen-bond donors (Lipinski definition) is 1. The molecular weight excluding hydrogens is 446 g/mol. The number of rotatable bonds is 4. The van der Waals surface area contributed by atoms with Crippen LogP contribution >= 0.6 is 0 Å². The van der Waals surface area contributed by atoms with Crippen LogP contribution in [0.3, 0.4) is 0 Å². The van der Waals surface area contributed by atoms with Gasteiger partial charge in [-0.15, -0.1) is 0 Å². The van der Waals surface area contributed by atoms with Gasteiger partial charge in [0.15, 0.2) is 0 Å². The van der Waals surface area contributed by atoms with Gasteiger partial charge in [-0.3, -0.25) is 9.97 Å². The van der Waals surface area contributed by atoms with Crippen LogP contribution in [0.15, 0.2) is 61.1 Å². The first-order valence-electron chi connectivity index (χ1n) is 12.9. The van der Waals surface area contributed by atoms with Crippen molar-refractivity contribution in [2.45, 2.75) is 69.3 Å². The molecule has 0 aliphatic heterocycles. The second kappa shape index (κ2) is 8.83. The molecule has 6 nitrogen and oxygen atoms in total. The van der Waals surface area contributed by atoms with E-state index >= 15 is 0 Å². The molecule has 6 heteroatoms. The van der Waals surface area contributed by atoms with E-state index in [1.54, 1.807) is 0 Å². The van der Waals surface area contributed by atoms with Crippen molar-refractivity contribution in [3.05, 3.63) is 83.6 Å². The van der Waals surface area contributed by atoms with E-state index in [0.29, 0.717) is 18.8 Å². The summed E-state index contributed by atoms with van der Waals surface area (Å²) in [6.45, 7) is 2.00. The highest BCUT2D eigenvalue weighted by molar-refractivity contribution is 5.82. The van der Waals surface area contributed by atoms with E-state index in [1.807, 2.05) is 42.3 Å². The molecule has 36 heavy (non-hydrogen) atoms. The monoisotopic (exact) mass is 477 g/mol. The Morgan fingerprint density at radius 2 is 2.06 bits per heavy atom. The summed E-state index contributed by atoms with van der Waals surface area (Å²) in [6.07, 6.45) is 12.0. The van der Waals surface area contributed by atoms with Gasteiger partial charge in [0, 0.05) is 34.6 Å². The average Bonchev–Trinajstić information content (AvgIpc) is 3.23. The molecule has 2 aliphatic carbocycles. The summed E-state index contributed by atoms with van der Waals surface area (Å²) >= 11 is 0. The number of nitriles is 1. The second-order valence-corrected chi connectivity index (χ2v) is 10.8. The summed E-state index contributed by atoms with van der Waals surface area (Å²) in [5.41, 5.74) is 5.93. The third-order valence-electron chi connectivity index (χ3n) is 8.53. The smallest absolute Gasteiger partial charge is 0.0780 e. The summed E-state index contributed by atoms with van der Waals surface area (Å²) in [7, 11) is 0. The highest BCUT2D eigenvalue weighted by atomic mass is 16.3. The molecule has 1 N–H and O–H groups in total. The summed E-state index contributed by atoms with van der Waals surface area (Å²) in [4.78, 5) is 9.06. The van der Waals surface area contributed by atoms with Crippen LogP contribution in [0.25, 0.3) is 16.6 Å². The average molecular weight is 478 g/mol. The molecule has 6 rings (SSSR count). The number of aryl methyl sites for hydroxylation is 2. The molecule has 0 saturated heterocycles. The molecule has 0 amide bonds. The minimum absolute atomic E-state index is 0.120. The van der Waals surface area contributed by atoms with Crippen LogP contribution in [0.2, 0.25) is 0 Å². The molecule has 1 fully saturated rings. The van der Waals surface area contributed by atoms with Crippen LogP contribution in [0.4, 0.5) is 0 Å². The Hall–Kier alpha value is -3.56. The normalized spacial score (nSPS) is 25.5. The highest BCUT2D eigenvalue weighted by Crippen LogP contribution is 2.54. The van der Waals surface area contributed by atoms with Crippen molar-refractivity contribution < 1.29 is 5.11 Å². The van der Waals surface area contributed by atoms with E-state index in [2.05, 4.69) is 41.4 Å². The lowest BCUT2D eigenvalue weighted by molar-refractivity contribution is -0.0439. The Morgan fingerprint density at radius 1 is 1.14 bits per heavy atom. The Labute approximate surface area is 211 Å². The van der Waals surface area contributed by atoms with E-state index in [0.717, 1.165) is 60.1 Å². The third kappa shape index (κ3) is 3.88. The van der Waals surface area contributed by atoms with E-state index in [9.17, 15) is 10.4 Å². The standard InChI is InChI=1S/C30H31N5O/c1-21-15-26(8-14-32-21)35-28-17-22-5-4-6-24-18-29(36,11-12-31)9-10-30(24,19-25-7-2-3-13-33-25)27(22)16-23(28)20-34-35/h2-3,7-8,13-17,20,24,36H,4-6,9-11,18-19H2,1H3/t24-,29-,30-/m0/s1. The lowest BCUT2D eigenvalue weighted by atomic mass is 9.56. The first-order chi connectivity index (χ1) is 17.5. The lowest BCUT2D eigenvalue weighted by Crippen LogP contribution is -2.49. The summed E-state index contributed by atoms with van der Waals surface area (Å²) in [5.74, 6) is 0.295. The fourth-order valence-corrected chi connectivity index (χ4v) is 6.81. The van der Waals surface area contributed by atoms with Gasteiger partial charge in [0.1, 0.15) is 0 Å². The van der Waals surface area contributed by atoms with Gasteiger partial charge in [-0.2, -0.15) is 10.4 Å². The number of benzene rings is 1. The molecule has 3 atom stereocenters. The largest absolute Gasteiger partial charge is 0.389 e. The van der Waals surface area contributed by atoms with Gasteiger partial charge >= 0.3 is 0 Å². The van der Waals surface area contributed by atoms with Crippen LogP contribution in [0.5, 0.6) is 0 Å². The maximum absolute atomic E-state index is 11.3. The molecule has 0 radical (unpaired) electrons. The van der Waals surface area contributed by atoms with Crippen molar-refractivity contribution in [1.82, 2.24) is 19.7 Å². The lowest BCUT2D eigenvalue weighted by Gasteiger charge is -2.50. The summed E-state index contributed by atoms with van der Waals surface area (Å²) in [6, 6.07) is 17.1. The van der Waals surface area contributed by atoms with Gasteiger partial charge in [-0.1, -0.05) is 6.07 Å². The van der Waals surface area contributed by atoms with Crippen molar-refractivity contribution in [3.8, 4) is 11.8 Å². The molecule has 3 aromatic heterocycles. The summed E-state index contributed by atoms with van der Waals surface area (Å²) < 4.78 is 2.02. The van der Waals surface area contributed by atoms with Gasteiger partial charge in [0.2, 0.25) is 0 Å². The van der Waals surface area contributed by atoms with E-state index < -0.39 is 5.60 Å². The zero-order valence-electron chi connectivity index (χ0n) is 20.7. The molecule has 3 heterocycles. The van der Waals surface area contributed by atoms with Gasteiger partial charge in [0.25, 0.3) is 0 Å². The number of aliphatic hydroxyl groups is 1.